The van der Waals surface area contributed by atoms with Crippen molar-refractivity contribution in [3.8, 4) is 0 Å². The van der Waals surface area contributed by atoms with E-state index in [1.165, 1.54) is 27.8 Å². The quantitative estimate of drug-likeness (QED) is 0.840. The summed E-state index contributed by atoms with van der Waals surface area (Å²) in [4.78, 5) is 0. The molecule has 0 fully saturated rings. The van der Waals surface area contributed by atoms with Gasteiger partial charge in [-0.2, -0.15) is 0 Å². The topological polar surface area (TPSA) is 38.0 Å². The number of nitrogens with two attached hydrogens (primary N) is 1. The molecule has 0 radical (unpaired) electrons. The molecule has 18 heavy (non-hydrogen) atoms. The average molecular weight is 248 g/mol. The maximum absolute atomic E-state index is 6.54. The predicted molar refractivity (Wildman–Crippen MR) is 80.0 cm³/mol. The van der Waals surface area contributed by atoms with Crippen molar-refractivity contribution >= 4 is 0 Å². The molecule has 0 saturated heterocycles. The van der Waals surface area contributed by atoms with E-state index in [1.807, 2.05) is 7.05 Å². The maximum Gasteiger partial charge on any atom is 0.0341 e. The van der Waals surface area contributed by atoms with Gasteiger partial charge in [-0.1, -0.05) is 19.4 Å². The molecule has 1 rings (SSSR count). The highest BCUT2D eigenvalue weighted by Gasteiger charge is 2.22. The second-order valence-electron chi connectivity index (χ2n) is 5.43. The third-order valence-electron chi connectivity index (χ3n) is 4.26. The molecule has 2 unspecified atom stereocenters. The van der Waals surface area contributed by atoms with Crippen LogP contribution in [0.5, 0.6) is 0 Å². The first kappa shape index (κ1) is 15.2. The Balaban J connectivity index is 3.22. The highest BCUT2D eigenvalue weighted by molar-refractivity contribution is 5.45. The van der Waals surface area contributed by atoms with E-state index < -0.39 is 0 Å². The SMILES string of the molecule is CCC(CNC)C(N)c1c(C)c(C)cc(C)c1C. The Hall–Kier alpha value is -0.860. The molecule has 102 valence electrons. The Kier molecular flexibility index (Phi) is 5.36. The van der Waals surface area contributed by atoms with Gasteiger partial charge < -0.3 is 11.1 Å². The van der Waals surface area contributed by atoms with Gasteiger partial charge in [0.1, 0.15) is 0 Å². The van der Waals surface area contributed by atoms with Crippen molar-refractivity contribution in [2.45, 2.75) is 47.1 Å². The molecule has 0 aromatic heterocycles. The Morgan fingerprint density at radius 2 is 1.61 bits per heavy atom. The van der Waals surface area contributed by atoms with Gasteiger partial charge in [0, 0.05) is 6.04 Å². The number of benzene rings is 1. The summed E-state index contributed by atoms with van der Waals surface area (Å²) in [6, 6.07) is 2.39. The van der Waals surface area contributed by atoms with Crippen molar-refractivity contribution in [2.75, 3.05) is 13.6 Å². The van der Waals surface area contributed by atoms with Crippen LogP contribution in [0.4, 0.5) is 0 Å². The number of rotatable bonds is 5. The second-order valence-corrected chi connectivity index (χ2v) is 5.43. The minimum Gasteiger partial charge on any atom is -0.324 e. The Morgan fingerprint density at radius 1 is 1.11 bits per heavy atom. The average Bonchev–Trinajstić information content (AvgIpc) is 2.33. The lowest BCUT2D eigenvalue weighted by Crippen LogP contribution is -2.30. The van der Waals surface area contributed by atoms with Crippen LogP contribution in [0.3, 0.4) is 0 Å². The fraction of sp³-hybridized carbons (Fsp3) is 0.625. The predicted octanol–water partition coefficient (Wildman–Crippen LogP) is 3.17. The lowest BCUT2D eigenvalue weighted by atomic mass is 9.83. The molecule has 1 aromatic rings. The van der Waals surface area contributed by atoms with E-state index in [0.717, 1.165) is 13.0 Å². The molecule has 0 heterocycles. The third kappa shape index (κ3) is 2.93. The molecule has 0 spiro atoms. The summed E-state index contributed by atoms with van der Waals surface area (Å²) in [5.74, 6) is 0.494. The summed E-state index contributed by atoms with van der Waals surface area (Å²) in [6.07, 6.45) is 1.11. The highest BCUT2D eigenvalue weighted by atomic mass is 14.8. The normalized spacial score (nSPS) is 14.6. The fourth-order valence-electron chi connectivity index (χ4n) is 2.77. The summed E-state index contributed by atoms with van der Waals surface area (Å²) in [5.41, 5.74) is 13.3. The maximum atomic E-state index is 6.54. The van der Waals surface area contributed by atoms with E-state index in [-0.39, 0.29) is 6.04 Å². The first-order chi connectivity index (χ1) is 8.43. The summed E-state index contributed by atoms with van der Waals surface area (Å²) in [7, 11) is 2.00. The fourth-order valence-corrected chi connectivity index (χ4v) is 2.77. The van der Waals surface area contributed by atoms with Crippen molar-refractivity contribution in [2.24, 2.45) is 11.7 Å². The zero-order valence-corrected chi connectivity index (χ0v) is 12.7. The minimum absolute atomic E-state index is 0.126. The third-order valence-corrected chi connectivity index (χ3v) is 4.26. The van der Waals surface area contributed by atoms with Gasteiger partial charge >= 0.3 is 0 Å². The molecular weight excluding hydrogens is 220 g/mol. The van der Waals surface area contributed by atoms with E-state index in [0.29, 0.717) is 5.92 Å². The molecule has 0 bridgehead atoms. The van der Waals surface area contributed by atoms with Gasteiger partial charge in [-0.3, -0.25) is 0 Å². The Morgan fingerprint density at radius 3 is 2.00 bits per heavy atom. The standard InChI is InChI=1S/C16H28N2/c1-7-14(9-18-6)16(17)15-12(4)10(2)8-11(3)13(15)5/h8,14,16,18H,7,9,17H2,1-6H3. The molecule has 2 heteroatoms. The van der Waals surface area contributed by atoms with Gasteiger partial charge in [0.15, 0.2) is 0 Å². The second kappa shape index (κ2) is 6.35. The van der Waals surface area contributed by atoms with Gasteiger partial charge in [-0.15, -0.1) is 0 Å². The number of hydrogen-bond donors (Lipinski definition) is 2. The van der Waals surface area contributed by atoms with Crippen LogP contribution in [0.15, 0.2) is 6.07 Å². The molecule has 0 saturated carbocycles. The van der Waals surface area contributed by atoms with E-state index >= 15 is 0 Å². The van der Waals surface area contributed by atoms with E-state index in [4.69, 9.17) is 5.73 Å². The van der Waals surface area contributed by atoms with Crippen LogP contribution in [-0.4, -0.2) is 13.6 Å². The van der Waals surface area contributed by atoms with Crippen molar-refractivity contribution < 1.29 is 0 Å². The number of hydrogen-bond acceptors (Lipinski definition) is 2. The van der Waals surface area contributed by atoms with Crippen molar-refractivity contribution in [1.29, 1.82) is 0 Å². The van der Waals surface area contributed by atoms with Crippen molar-refractivity contribution in [3.63, 3.8) is 0 Å². The first-order valence-electron chi connectivity index (χ1n) is 6.91. The molecule has 0 aliphatic carbocycles. The highest BCUT2D eigenvalue weighted by Crippen LogP contribution is 2.31. The number of nitrogens with one attached hydrogen (secondary N) is 1. The van der Waals surface area contributed by atoms with Crippen molar-refractivity contribution in [3.05, 3.63) is 33.9 Å². The smallest absolute Gasteiger partial charge is 0.0341 e. The first-order valence-corrected chi connectivity index (χ1v) is 6.91. The molecule has 0 aliphatic rings. The molecule has 2 atom stereocenters. The summed E-state index contributed by atoms with van der Waals surface area (Å²) < 4.78 is 0. The van der Waals surface area contributed by atoms with Gasteiger partial charge in [0.05, 0.1) is 0 Å². The van der Waals surface area contributed by atoms with E-state index in [1.54, 1.807) is 0 Å². The van der Waals surface area contributed by atoms with Crippen LogP contribution in [0.2, 0.25) is 0 Å². The van der Waals surface area contributed by atoms with Crippen LogP contribution >= 0.6 is 0 Å². The van der Waals surface area contributed by atoms with Crippen LogP contribution in [0.25, 0.3) is 0 Å². The van der Waals surface area contributed by atoms with E-state index in [9.17, 15) is 0 Å². The molecule has 3 N–H and O–H groups in total. The van der Waals surface area contributed by atoms with Gasteiger partial charge in [0.2, 0.25) is 0 Å². The van der Waals surface area contributed by atoms with E-state index in [2.05, 4.69) is 46.0 Å². The van der Waals surface area contributed by atoms with Crippen LogP contribution in [-0.2, 0) is 0 Å². The largest absolute Gasteiger partial charge is 0.324 e. The molecule has 0 aliphatic heterocycles. The zero-order chi connectivity index (χ0) is 13.9. The molecule has 0 amide bonds. The van der Waals surface area contributed by atoms with Crippen molar-refractivity contribution in [1.82, 2.24) is 5.32 Å². The molecule has 2 nitrogen and oxygen atoms in total. The van der Waals surface area contributed by atoms with Crippen LogP contribution < -0.4 is 11.1 Å². The Labute approximate surface area is 112 Å². The zero-order valence-electron chi connectivity index (χ0n) is 12.7. The summed E-state index contributed by atoms with van der Waals surface area (Å²) >= 11 is 0. The van der Waals surface area contributed by atoms with Crippen LogP contribution in [0, 0.1) is 33.6 Å². The molecular formula is C16H28N2. The lowest BCUT2D eigenvalue weighted by molar-refractivity contribution is 0.401. The summed E-state index contributed by atoms with van der Waals surface area (Å²) in [5, 5.41) is 3.26. The monoisotopic (exact) mass is 248 g/mol. The Bertz CT molecular complexity index is 384. The summed E-state index contributed by atoms with van der Waals surface area (Å²) in [6.45, 7) is 11.9. The van der Waals surface area contributed by atoms with Gasteiger partial charge in [0.25, 0.3) is 0 Å². The van der Waals surface area contributed by atoms with Crippen LogP contribution in [0.1, 0.15) is 47.2 Å². The minimum atomic E-state index is 0.126. The lowest BCUT2D eigenvalue weighted by Gasteiger charge is -2.27. The van der Waals surface area contributed by atoms with Gasteiger partial charge in [-0.05, 0) is 75.0 Å². The van der Waals surface area contributed by atoms with Gasteiger partial charge in [-0.25, -0.2) is 0 Å². The number of aryl methyl sites for hydroxylation is 2. The molecule has 1 aromatic carbocycles.